The number of likely N-dealkylation sites (N-methyl/N-ethyl adjacent to an activating group) is 1. The van der Waals surface area contributed by atoms with Crippen LogP contribution in [0.5, 0.6) is 0 Å². The second kappa shape index (κ2) is 10.8. The quantitative estimate of drug-likeness (QED) is 0.478. The number of nitrogens with zero attached hydrogens (tertiary/aromatic N) is 4. The average Bonchev–Trinajstić information content (AvgIpc) is 2.81. The molecule has 1 aliphatic heterocycles. The van der Waals surface area contributed by atoms with Crippen molar-refractivity contribution < 1.29 is 12.8 Å². The number of aryl methyl sites for hydroxylation is 1. The largest absolute Gasteiger partial charge is 0.367 e. The van der Waals surface area contributed by atoms with Gasteiger partial charge < -0.3 is 15.1 Å². The Kier molecular flexibility index (Phi) is 7.85. The van der Waals surface area contributed by atoms with E-state index >= 15 is 0 Å². The van der Waals surface area contributed by atoms with Crippen molar-refractivity contribution in [2.24, 2.45) is 0 Å². The van der Waals surface area contributed by atoms with Crippen LogP contribution in [0.1, 0.15) is 43.2 Å². The van der Waals surface area contributed by atoms with Crippen molar-refractivity contribution in [3.05, 3.63) is 76.9 Å². The van der Waals surface area contributed by atoms with Gasteiger partial charge >= 0.3 is 0 Å². The lowest BCUT2D eigenvalue weighted by atomic mass is 10.0. The molecule has 3 aromatic rings. The second-order valence-electron chi connectivity index (χ2n) is 10.8. The molecule has 1 aliphatic rings. The molecule has 0 unspecified atom stereocenters. The molecule has 1 aromatic heterocycles. The Morgan fingerprint density at radius 3 is 2.41 bits per heavy atom. The van der Waals surface area contributed by atoms with Gasteiger partial charge in [-0.3, -0.25) is 0 Å². The minimum atomic E-state index is -3.28. The highest BCUT2D eigenvalue weighted by Crippen LogP contribution is 2.26. The van der Waals surface area contributed by atoms with Crippen molar-refractivity contribution in [3.8, 4) is 0 Å². The third-order valence-corrected chi connectivity index (χ3v) is 9.36. The van der Waals surface area contributed by atoms with Gasteiger partial charge in [-0.15, -0.1) is 0 Å². The Morgan fingerprint density at radius 2 is 1.73 bits per heavy atom. The summed E-state index contributed by atoms with van der Waals surface area (Å²) >= 11 is 0. The summed E-state index contributed by atoms with van der Waals surface area (Å²) in [7, 11) is -1.20. The van der Waals surface area contributed by atoms with Crippen molar-refractivity contribution >= 4 is 27.2 Å². The van der Waals surface area contributed by atoms with Gasteiger partial charge in [-0.2, -0.15) is 0 Å². The van der Waals surface area contributed by atoms with Crippen LogP contribution in [-0.4, -0.2) is 61.3 Å². The first-order chi connectivity index (χ1) is 17.4. The summed E-state index contributed by atoms with van der Waals surface area (Å²) in [6.45, 7) is 10.5. The average molecular weight is 526 g/mol. The monoisotopic (exact) mass is 525 g/mol. The second-order valence-corrected chi connectivity index (χ2v) is 13.5. The molecule has 1 saturated heterocycles. The maximum absolute atomic E-state index is 14.9. The Bertz CT molecular complexity index is 1360. The first kappa shape index (κ1) is 27.0. The number of anilines is 3. The first-order valence-corrected chi connectivity index (χ1v) is 14.2. The fourth-order valence-electron chi connectivity index (χ4n) is 4.19. The van der Waals surface area contributed by atoms with Crippen LogP contribution < -0.4 is 10.2 Å². The van der Waals surface area contributed by atoms with E-state index in [0.717, 1.165) is 48.6 Å². The van der Waals surface area contributed by atoms with E-state index in [1.54, 1.807) is 33.0 Å². The number of benzene rings is 2. The maximum atomic E-state index is 14.9. The number of halogens is 1. The summed E-state index contributed by atoms with van der Waals surface area (Å²) in [5.41, 5.74) is 4.67. The van der Waals surface area contributed by atoms with Gasteiger partial charge in [0.15, 0.2) is 9.84 Å². The Hall–Kier alpha value is -3.04. The molecule has 0 amide bonds. The number of hydrogen-bond donors (Lipinski definition) is 1. The number of nitrogens with one attached hydrogen (secondary N) is 1. The van der Waals surface area contributed by atoms with Gasteiger partial charge in [0.05, 0.1) is 21.9 Å². The van der Waals surface area contributed by atoms with E-state index in [-0.39, 0.29) is 11.6 Å². The van der Waals surface area contributed by atoms with Crippen LogP contribution >= 0.6 is 0 Å². The van der Waals surface area contributed by atoms with Gasteiger partial charge in [0, 0.05) is 44.5 Å². The van der Waals surface area contributed by atoms with Crippen molar-refractivity contribution in [3.63, 3.8) is 0 Å². The molecule has 2 heterocycles. The third kappa shape index (κ3) is 6.64. The lowest BCUT2D eigenvalue weighted by Crippen LogP contribution is -2.44. The standard InChI is InChI=1S/C28H36FN5O2S/c1-20-18-30-27(31-23-9-10-26(24(29)17-23)34-13-11-33(5)12-14-34)32-25(20)16-21-7-6-8-22(15-21)19-37(35,36)28(2,3)4/h6-10,15,17-18H,11-14,16,19H2,1-5H3,(H,30,31,32). The molecule has 2 aromatic carbocycles. The molecular formula is C28H36FN5O2S. The van der Waals surface area contributed by atoms with Gasteiger partial charge in [0.25, 0.3) is 0 Å². The summed E-state index contributed by atoms with van der Waals surface area (Å²) in [4.78, 5) is 13.4. The van der Waals surface area contributed by atoms with Gasteiger partial charge in [-0.1, -0.05) is 24.3 Å². The van der Waals surface area contributed by atoms with E-state index in [0.29, 0.717) is 23.7 Å². The van der Waals surface area contributed by atoms with E-state index in [4.69, 9.17) is 0 Å². The summed E-state index contributed by atoms with van der Waals surface area (Å²) in [5, 5.41) is 3.13. The van der Waals surface area contributed by atoms with Crippen LogP contribution in [0.2, 0.25) is 0 Å². The van der Waals surface area contributed by atoms with Crippen LogP contribution in [0, 0.1) is 12.7 Å². The molecule has 0 bridgehead atoms. The third-order valence-electron chi connectivity index (χ3n) is 6.78. The van der Waals surface area contributed by atoms with E-state index in [9.17, 15) is 12.8 Å². The smallest absolute Gasteiger partial charge is 0.227 e. The van der Waals surface area contributed by atoms with Gasteiger partial charge in [0.1, 0.15) is 5.82 Å². The zero-order valence-corrected chi connectivity index (χ0v) is 23.1. The van der Waals surface area contributed by atoms with Crippen molar-refractivity contribution in [1.29, 1.82) is 0 Å². The molecular weight excluding hydrogens is 489 g/mol. The Labute approximate surface area is 219 Å². The van der Waals surface area contributed by atoms with Gasteiger partial charge in [-0.25, -0.2) is 22.8 Å². The molecule has 7 nitrogen and oxygen atoms in total. The van der Waals surface area contributed by atoms with Crippen LogP contribution in [0.15, 0.2) is 48.7 Å². The molecule has 9 heteroatoms. The normalized spacial score (nSPS) is 15.1. The Balaban J connectivity index is 1.48. The highest BCUT2D eigenvalue weighted by Gasteiger charge is 2.29. The lowest BCUT2D eigenvalue weighted by molar-refractivity contribution is 0.311. The van der Waals surface area contributed by atoms with Crippen LogP contribution in [0.4, 0.5) is 21.7 Å². The van der Waals surface area contributed by atoms with Crippen LogP contribution in [0.3, 0.4) is 0 Å². The topological polar surface area (TPSA) is 78.4 Å². The number of sulfone groups is 1. The molecule has 4 rings (SSSR count). The molecule has 0 atom stereocenters. The highest BCUT2D eigenvalue weighted by atomic mass is 32.2. The predicted molar refractivity (Wildman–Crippen MR) is 148 cm³/mol. The van der Waals surface area contributed by atoms with Gasteiger partial charge in [0.2, 0.25) is 5.95 Å². The summed E-state index contributed by atoms with van der Waals surface area (Å²) in [5.74, 6) is 0.109. The number of hydrogen-bond acceptors (Lipinski definition) is 7. The first-order valence-electron chi connectivity index (χ1n) is 12.5. The van der Waals surface area contributed by atoms with E-state index in [1.807, 2.05) is 37.3 Å². The molecule has 1 N–H and O–H groups in total. The minimum absolute atomic E-state index is 0.00437. The molecule has 0 spiro atoms. The SMILES string of the molecule is Cc1cnc(Nc2ccc(N3CCN(C)CC3)c(F)c2)nc1Cc1cccc(CS(=O)(=O)C(C)(C)C)c1. The zero-order valence-electron chi connectivity index (χ0n) is 22.3. The summed E-state index contributed by atoms with van der Waals surface area (Å²) in [6.07, 6.45) is 2.27. The maximum Gasteiger partial charge on any atom is 0.227 e. The minimum Gasteiger partial charge on any atom is -0.367 e. The molecule has 1 fully saturated rings. The van der Waals surface area contributed by atoms with Crippen LogP contribution in [-0.2, 0) is 22.0 Å². The fraction of sp³-hybridized carbons (Fsp3) is 0.429. The highest BCUT2D eigenvalue weighted by molar-refractivity contribution is 7.91. The fourth-order valence-corrected chi connectivity index (χ4v) is 5.24. The molecule has 0 radical (unpaired) electrons. The number of piperazine rings is 1. The van der Waals surface area contributed by atoms with Gasteiger partial charge in [-0.05, 0) is 69.6 Å². The van der Waals surface area contributed by atoms with E-state index < -0.39 is 14.6 Å². The zero-order chi connectivity index (χ0) is 26.8. The Morgan fingerprint density at radius 1 is 1.03 bits per heavy atom. The summed E-state index contributed by atoms with van der Waals surface area (Å²) in [6, 6.07) is 12.7. The molecule has 0 aliphatic carbocycles. The van der Waals surface area contributed by atoms with Crippen LogP contribution in [0.25, 0.3) is 0 Å². The molecule has 198 valence electrons. The summed E-state index contributed by atoms with van der Waals surface area (Å²) < 4.78 is 39.4. The molecule has 37 heavy (non-hydrogen) atoms. The number of rotatable bonds is 7. The van der Waals surface area contributed by atoms with Crippen molar-refractivity contribution in [2.75, 3.05) is 43.4 Å². The molecule has 0 saturated carbocycles. The predicted octanol–water partition coefficient (Wildman–Crippen LogP) is 4.72. The van der Waals surface area contributed by atoms with E-state index in [2.05, 4.69) is 32.1 Å². The van der Waals surface area contributed by atoms with Crippen molar-refractivity contribution in [1.82, 2.24) is 14.9 Å². The number of aromatic nitrogens is 2. The van der Waals surface area contributed by atoms with E-state index in [1.165, 1.54) is 6.07 Å². The lowest BCUT2D eigenvalue weighted by Gasteiger charge is -2.34. The van der Waals surface area contributed by atoms with Crippen molar-refractivity contribution in [2.45, 2.75) is 44.6 Å².